The minimum absolute atomic E-state index is 0.0122. The first-order valence-corrected chi connectivity index (χ1v) is 10.2. The summed E-state index contributed by atoms with van der Waals surface area (Å²) in [6.07, 6.45) is 1.10. The van der Waals surface area contributed by atoms with Crippen LogP contribution in [0.4, 0.5) is 0 Å². The standard InChI is InChI=1S/C21H25NO4S/c1-3-26-17-7-4-15(5-8-17)6-9-20(23)22-12-18(16-10-11-27-14-16)19(13-22)21(24)25-2/h4-5,7-8,10-11,14,18-19H,3,6,9,12-13H2,1-2H3/t18-,19+/m0/s1. The fourth-order valence-corrected chi connectivity index (χ4v) is 4.27. The predicted octanol–water partition coefficient (Wildman–Crippen LogP) is 3.49. The van der Waals surface area contributed by atoms with Gasteiger partial charge in [0.1, 0.15) is 5.75 Å². The molecule has 0 bridgehead atoms. The maximum absolute atomic E-state index is 12.7. The fraction of sp³-hybridized carbons (Fsp3) is 0.429. The normalized spacial score (nSPS) is 19.1. The van der Waals surface area contributed by atoms with Gasteiger partial charge >= 0.3 is 5.97 Å². The monoisotopic (exact) mass is 387 g/mol. The lowest BCUT2D eigenvalue weighted by Gasteiger charge is -2.16. The SMILES string of the molecule is CCOc1ccc(CCC(=O)N2C[C@@H](C(=O)OC)[C@H](c3ccsc3)C2)cc1. The quantitative estimate of drug-likeness (QED) is 0.683. The van der Waals surface area contributed by atoms with Crippen LogP contribution in [0.1, 0.15) is 30.4 Å². The first-order valence-electron chi connectivity index (χ1n) is 9.21. The van der Waals surface area contributed by atoms with Gasteiger partial charge in [-0.05, 0) is 53.4 Å². The third-order valence-electron chi connectivity index (χ3n) is 5.01. The van der Waals surface area contributed by atoms with Crippen molar-refractivity contribution in [1.29, 1.82) is 0 Å². The van der Waals surface area contributed by atoms with Gasteiger partial charge in [0.25, 0.3) is 0 Å². The van der Waals surface area contributed by atoms with Crippen molar-refractivity contribution in [2.45, 2.75) is 25.7 Å². The number of carbonyl (C=O) groups is 2. The molecule has 1 saturated heterocycles. The first-order chi connectivity index (χ1) is 13.1. The summed E-state index contributed by atoms with van der Waals surface area (Å²) in [6.45, 7) is 3.58. The Bertz CT molecular complexity index is 757. The maximum Gasteiger partial charge on any atom is 0.311 e. The second-order valence-corrected chi connectivity index (χ2v) is 7.45. The highest BCUT2D eigenvalue weighted by atomic mass is 32.1. The topological polar surface area (TPSA) is 55.8 Å². The number of hydrogen-bond donors (Lipinski definition) is 0. The molecule has 0 saturated carbocycles. The number of esters is 1. The molecule has 0 aliphatic carbocycles. The number of thiophene rings is 1. The van der Waals surface area contributed by atoms with Gasteiger partial charge in [-0.3, -0.25) is 9.59 Å². The molecular weight excluding hydrogens is 362 g/mol. The molecule has 1 fully saturated rings. The van der Waals surface area contributed by atoms with Crippen molar-refractivity contribution in [3.05, 3.63) is 52.2 Å². The van der Waals surface area contributed by atoms with Crippen LogP contribution in [0.2, 0.25) is 0 Å². The Hall–Kier alpha value is -2.34. The third-order valence-corrected chi connectivity index (χ3v) is 5.71. The average Bonchev–Trinajstić information content (AvgIpc) is 3.36. The Balaban J connectivity index is 1.60. The van der Waals surface area contributed by atoms with E-state index in [4.69, 9.17) is 9.47 Å². The van der Waals surface area contributed by atoms with Crippen LogP contribution in [0, 0.1) is 5.92 Å². The van der Waals surface area contributed by atoms with Gasteiger partial charge in [0.15, 0.2) is 0 Å². The lowest BCUT2D eigenvalue weighted by Crippen LogP contribution is -2.30. The molecule has 0 unspecified atom stereocenters. The van der Waals surface area contributed by atoms with Crippen LogP contribution in [0.25, 0.3) is 0 Å². The van der Waals surface area contributed by atoms with Crippen molar-refractivity contribution in [1.82, 2.24) is 4.90 Å². The van der Waals surface area contributed by atoms with Crippen LogP contribution in [0.3, 0.4) is 0 Å². The molecule has 6 heteroatoms. The van der Waals surface area contributed by atoms with E-state index < -0.39 is 0 Å². The molecule has 1 aliphatic heterocycles. The van der Waals surface area contributed by atoms with Gasteiger partial charge in [0, 0.05) is 25.4 Å². The van der Waals surface area contributed by atoms with Crippen LogP contribution < -0.4 is 4.74 Å². The molecule has 5 nitrogen and oxygen atoms in total. The van der Waals surface area contributed by atoms with E-state index in [9.17, 15) is 9.59 Å². The first kappa shape index (κ1) is 19.4. The molecule has 0 radical (unpaired) electrons. The van der Waals surface area contributed by atoms with Gasteiger partial charge in [-0.2, -0.15) is 11.3 Å². The van der Waals surface area contributed by atoms with E-state index in [0.29, 0.717) is 32.5 Å². The van der Waals surface area contributed by atoms with Crippen LogP contribution in [0.15, 0.2) is 41.1 Å². The van der Waals surface area contributed by atoms with E-state index in [2.05, 4.69) is 5.38 Å². The van der Waals surface area contributed by atoms with Crippen molar-refractivity contribution < 1.29 is 19.1 Å². The lowest BCUT2D eigenvalue weighted by atomic mass is 9.91. The number of benzene rings is 1. The summed E-state index contributed by atoms with van der Waals surface area (Å²) in [5.74, 6) is 0.396. The molecule has 2 aromatic rings. The van der Waals surface area contributed by atoms with Crippen LogP contribution in [-0.2, 0) is 20.7 Å². The summed E-state index contributed by atoms with van der Waals surface area (Å²) < 4.78 is 10.4. The second-order valence-electron chi connectivity index (χ2n) is 6.67. The molecule has 1 amide bonds. The Kier molecular flexibility index (Phi) is 6.50. The van der Waals surface area contributed by atoms with Crippen molar-refractivity contribution in [2.24, 2.45) is 5.92 Å². The zero-order valence-electron chi connectivity index (χ0n) is 15.7. The maximum atomic E-state index is 12.7. The third kappa shape index (κ3) is 4.69. The Morgan fingerprint density at radius 1 is 1.19 bits per heavy atom. The van der Waals surface area contributed by atoms with E-state index in [1.165, 1.54) is 7.11 Å². The minimum Gasteiger partial charge on any atom is -0.494 e. The largest absolute Gasteiger partial charge is 0.494 e. The smallest absolute Gasteiger partial charge is 0.311 e. The van der Waals surface area contributed by atoms with E-state index in [1.54, 1.807) is 16.2 Å². The Labute approximate surface area is 163 Å². The second kappa shape index (κ2) is 9.04. The number of rotatable bonds is 7. The van der Waals surface area contributed by atoms with Gasteiger partial charge in [-0.1, -0.05) is 12.1 Å². The lowest BCUT2D eigenvalue weighted by molar-refractivity contribution is -0.145. The highest BCUT2D eigenvalue weighted by Gasteiger charge is 2.40. The molecule has 0 spiro atoms. The zero-order valence-corrected chi connectivity index (χ0v) is 16.5. The number of nitrogens with zero attached hydrogens (tertiary/aromatic N) is 1. The van der Waals surface area contributed by atoms with Crippen molar-refractivity contribution in [3.63, 3.8) is 0 Å². The summed E-state index contributed by atoms with van der Waals surface area (Å²) in [7, 11) is 1.41. The highest BCUT2D eigenvalue weighted by molar-refractivity contribution is 7.08. The summed E-state index contributed by atoms with van der Waals surface area (Å²) in [4.78, 5) is 26.7. The average molecular weight is 388 g/mol. The number of amides is 1. The summed E-state index contributed by atoms with van der Waals surface area (Å²) in [5.41, 5.74) is 2.21. The van der Waals surface area contributed by atoms with Crippen molar-refractivity contribution in [3.8, 4) is 5.75 Å². The molecule has 144 valence electrons. The van der Waals surface area contributed by atoms with Gasteiger partial charge in [-0.25, -0.2) is 0 Å². The Morgan fingerprint density at radius 2 is 1.96 bits per heavy atom. The van der Waals surface area contributed by atoms with E-state index in [0.717, 1.165) is 16.9 Å². The van der Waals surface area contributed by atoms with Gasteiger partial charge in [0.05, 0.1) is 19.6 Å². The van der Waals surface area contributed by atoms with Crippen LogP contribution in [0.5, 0.6) is 5.75 Å². The van der Waals surface area contributed by atoms with Gasteiger partial charge in [0.2, 0.25) is 5.91 Å². The summed E-state index contributed by atoms with van der Waals surface area (Å²) >= 11 is 1.60. The van der Waals surface area contributed by atoms with Gasteiger partial charge in [-0.15, -0.1) is 0 Å². The van der Waals surface area contributed by atoms with E-state index in [1.807, 2.05) is 42.6 Å². The predicted molar refractivity (Wildman–Crippen MR) is 105 cm³/mol. The molecule has 1 aliphatic rings. The number of likely N-dealkylation sites (tertiary alicyclic amines) is 1. The number of ether oxygens (including phenoxy) is 2. The van der Waals surface area contributed by atoms with Crippen molar-refractivity contribution in [2.75, 3.05) is 26.8 Å². The number of hydrogen-bond acceptors (Lipinski definition) is 5. The minimum atomic E-state index is -0.293. The number of aryl methyl sites for hydroxylation is 1. The number of methoxy groups -OCH3 is 1. The summed E-state index contributed by atoms with van der Waals surface area (Å²) in [5, 5.41) is 4.05. The molecule has 3 rings (SSSR count). The molecule has 0 N–H and O–H groups in total. The zero-order chi connectivity index (χ0) is 19.2. The van der Waals surface area contributed by atoms with Gasteiger partial charge < -0.3 is 14.4 Å². The molecule has 2 atom stereocenters. The molecule has 1 aromatic heterocycles. The fourth-order valence-electron chi connectivity index (χ4n) is 3.55. The van der Waals surface area contributed by atoms with Crippen LogP contribution >= 0.6 is 11.3 Å². The Morgan fingerprint density at radius 3 is 2.59 bits per heavy atom. The number of carbonyl (C=O) groups excluding carboxylic acids is 2. The highest BCUT2D eigenvalue weighted by Crippen LogP contribution is 2.35. The summed E-state index contributed by atoms with van der Waals surface area (Å²) in [6, 6.07) is 9.87. The molecule has 27 heavy (non-hydrogen) atoms. The van der Waals surface area contributed by atoms with Crippen LogP contribution in [-0.4, -0.2) is 43.6 Å². The molecular formula is C21H25NO4S. The molecule has 2 heterocycles. The van der Waals surface area contributed by atoms with Crippen molar-refractivity contribution >= 4 is 23.2 Å². The molecule has 1 aromatic carbocycles. The van der Waals surface area contributed by atoms with E-state index in [-0.39, 0.29) is 23.7 Å². The van der Waals surface area contributed by atoms with E-state index >= 15 is 0 Å².